The van der Waals surface area contributed by atoms with Crippen molar-refractivity contribution >= 4 is 17.3 Å². The number of ketones is 1. The highest BCUT2D eigenvalue weighted by Crippen LogP contribution is 2.26. The molecule has 1 aromatic carbocycles. The van der Waals surface area contributed by atoms with E-state index in [0.717, 1.165) is 0 Å². The van der Waals surface area contributed by atoms with Gasteiger partial charge in [-0.25, -0.2) is 4.39 Å². The number of hydrogen-bond acceptors (Lipinski definition) is 2. The Bertz CT molecular complexity index is 561. The van der Waals surface area contributed by atoms with Crippen LogP contribution in [0.4, 0.5) is 18.9 Å². The van der Waals surface area contributed by atoms with Gasteiger partial charge in [0, 0.05) is 19.2 Å². The first-order chi connectivity index (χ1) is 9.30. The molecular weight excluding hydrogens is 269 g/mol. The highest BCUT2D eigenvalue weighted by Gasteiger charge is 2.41. The average Bonchev–Trinajstić information content (AvgIpc) is 2.38. The molecule has 1 aromatic rings. The molecule has 1 atom stereocenters. The molecule has 0 saturated heterocycles. The molecule has 0 aromatic heterocycles. The fourth-order valence-corrected chi connectivity index (χ4v) is 2.01. The fourth-order valence-electron chi connectivity index (χ4n) is 2.01. The van der Waals surface area contributed by atoms with Gasteiger partial charge >= 0.3 is 5.92 Å². The summed E-state index contributed by atoms with van der Waals surface area (Å²) in [6, 6.07) is 5.31. The fraction of sp³-hybridized carbons (Fsp3) is 0.286. The topological polar surface area (TPSA) is 44.2 Å². The number of nitrogens with zero attached hydrogens (tertiary/aromatic N) is 1. The molecule has 0 radical (unpaired) electrons. The van der Waals surface area contributed by atoms with Crippen molar-refractivity contribution in [1.29, 1.82) is 5.41 Å². The van der Waals surface area contributed by atoms with Gasteiger partial charge in [-0.1, -0.05) is 12.2 Å². The molecule has 0 bridgehead atoms. The van der Waals surface area contributed by atoms with Gasteiger partial charge in [-0.05, 0) is 24.3 Å². The van der Waals surface area contributed by atoms with Crippen LogP contribution in [0.2, 0.25) is 0 Å². The van der Waals surface area contributed by atoms with Gasteiger partial charge in [0.2, 0.25) is 5.78 Å². The maximum Gasteiger partial charge on any atom is 0.303 e. The van der Waals surface area contributed by atoms with Gasteiger partial charge in [0.1, 0.15) is 11.7 Å². The largest absolute Gasteiger partial charge is 0.326 e. The summed E-state index contributed by atoms with van der Waals surface area (Å²) in [6.07, 6.45) is 2.86. The molecule has 3 nitrogen and oxygen atoms in total. The van der Waals surface area contributed by atoms with Crippen LogP contribution < -0.4 is 4.90 Å². The number of carbonyl (C=O) groups excluding carboxylic acids is 1. The van der Waals surface area contributed by atoms with E-state index >= 15 is 0 Å². The van der Waals surface area contributed by atoms with Crippen molar-refractivity contribution in [3.05, 3.63) is 42.2 Å². The van der Waals surface area contributed by atoms with E-state index in [1.54, 1.807) is 6.08 Å². The molecule has 1 aliphatic rings. The van der Waals surface area contributed by atoms with Crippen LogP contribution in [0.1, 0.15) is 6.92 Å². The number of anilines is 1. The van der Waals surface area contributed by atoms with Crippen LogP contribution in [-0.4, -0.2) is 24.1 Å². The first kappa shape index (κ1) is 14.3. The lowest BCUT2D eigenvalue weighted by atomic mass is 9.94. The predicted molar refractivity (Wildman–Crippen MR) is 69.7 cm³/mol. The monoisotopic (exact) mass is 282 g/mol. The summed E-state index contributed by atoms with van der Waals surface area (Å²) in [6.45, 7) is 0.802. The molecule has 1 N–H and O–H groups in total. The third-order valence-corrected chi connectivity index (χ3v) is 3.06. The van der Waals surface area contributed by atoms with E-state index in [-0.39, 0.29) is 12.4 Å². The van der Waals surface area contributed by atoms with Gasteiger partial charge < -0.3 is 4.90 Å². The summed E-state index contributed by atoms with van der Waals surface area (Å²) in [5, 5.41) is 7.93. The number of alkyl halides is 2. The molecule has 1 aliphatic heterocycles. The van der Waals surface area contributed by atoms with E-state index in [1.165, 1.54) is 35.2 Å². The number of carbonyl (C=O) groups is 1. The first-order valence-electron chi connectivity index (χ1n) is 6.01. The van der Waals surface area contributed by atoms with Crippen molar-refractivity contribution < 1.29 is 18.0 Å². The number of nitrogens with one attached hydrogen (secondary N) is 1. The Balaban J connectivity index is 2.27. The van der Waals surface area contributed by atoms with Crippen LogP contribution in [0.5, 0.6) is 0 Å². The second kappa shape index (κ2) is 5.11. The molecule has 0 amide bonds. The van der Waals surface area contributed by atoms with E-state index in [2.05, 4.69) is 0 Å². The lowest BCUT2D eigenvalue weighted by Gasteiger charge is -2.31. The number of benzene rings is 1. The second-order valence-electron chi connectivity index (χ2n) is 4.63. The molecule has 20 heavy (non-hydrogen) atoms. The Kier molecular flexibility index (Phi) is 3.65. The van der Waals surface area contributed by atoms with E-state index in [1.807, 2.05) is 0 Å². The van der Waals surface area contributed by atoms with E-state index in [0.29, 0.717) is 12.6 Å². The average molecular weight is 282 g/mol. The summed E-state index contributed by atoms with van der Waals surface area (Å²) >= 11 is 0. The molecule has 0 saturated carbocycles. The highest BCUT2D eigenvalue weighted by atomic mass is 19.3. The molecule has 106 valence electrons. The summed E-state index contributed by atoms with van der Waals surface area (Å²) in [7, 11) is 0. The Morgan fingerprint density at radius 1 is 1.35 bits per heavy atom. The zero-order valence-electron chi connectivity index (χ0n) is 10.7. The van der Waals surface area contributed by atoms with Gasteiger partial charge in [0.05, 0.1) is 5.92 Å². The van der Waals surface area contributed by atoms with Gasteiger partial charge in [0.15, 0.2) is 0 Å². The zero-order valence-corrected chi connectivity index (χ0v) is 10.7. The first-order valence-corrected chi connectivity index (χ1v) is 6.01. The quantitative estimate of drug-likeness (QED) is 0.866. The van der Waals surface area contributed by atoms with Crippen LogP contribution in [-0.2, 0) is 4.79 Å². The number of amidine groups is 1. The maximum atomic E-state index is 13.1. The van der Waals surface area contributed by atoms with Crippen LogP contribution in [0.15, 0.2) is 36.4 Å². The minimum absolute atomic E-state index is 0.231. The lowest BCUT2D eigenvalue weighted by molar-refractivity contribution is -0.141. The molecule has 2 rings (SSSR count). The highest BCUT2D eigenvalue weighted by molar-refractivity contribution is 6.13. The van der Waals surface area contributed by atoms with Crippen LogP contribution >= 0.6 is 0 Å². The van der Waals surface area contributed by atoms with Crippen LogP contribution in [0.25, 0.3) is 0 Å². The van der Waals surface area contributed by atoms with Gasteiger partial charge in [0.25, 0.3) is 0 Å². The van der Waals surface area contributed by atoms with Crippen molar-refractivity contribution in [2.24, 2.45) is 5.92 Å². The van der Waals surface area contributed by atoms with Crippen molar-refractivity contribution in [3.63, 3.8) is 0 Å². The zero-order chi connectivity index (χ0) is 14.9. The third kappa shape index (κ3) is 2.74. The van der Waals surface area contributed by atoms with Crippen LogP contribution in [0.3, 0.4) is 0 Å². The van der Waals surface area contributed by atoms with Gasteiger partial charge in [-0.15, -0.1) is 0 Å². The van der Waals surface area contributed by atoms with E-state index in [9.17, 15) is 18.0 Å². The molecular formula is C14H13F3N2O. The molecule has 0 aliphatic carbocycles. The number of hydrogen-bond donors (Lipinski definition) is 1. The minimum Gasteiger partial charge on any atom is -0.326 e. The Hall–Kier alpha value is -2.11. The minimum atomic E-state index is -3.49. The Labute approximate surface area is 114 Å². The number of halogens is 3. The number of rotatable bonds is 3. The molecule has 6 heteroatoms. The summed E-state index contributed by atoms with van der Waals surface area (Å²) in [4.78, 5) is 13.0. The van der Waals surface area contributed by atoms with Crippen molar-refractivity contribution in [2.75, 3.05) is 11.4 Å². The second-order valence-corrected chi connectivity index (χ2v) is 4.63. The standard InChI is InChI=1S/C14H13F3N2O/c1-14(16,17)12(20)11-3-2-8-19(13(11)18)10-6-4-9(15)5-7-10/h2-7,11,18H,8H2,1H3. The molecule has 1 unspecified atom stereocenters. The normalized spacial score (nSPS) is 19.3. The van der Waals surface area contributed by atoms with Crippen molar-refractivity contribution in [3.8, 4) is 0 Å². The summed E-state index contributed by atoms with van der Waals surface area (Å²) in [5.41, 5.74) is 0.484. The van der Waals surface area contributed by atoms with Crippen molar-refractivity contribution in [1.82, 2.24) is 0 Å². The van der Waals surface area contributed by atoms with Crippen LogP contribution in [0, 0.1) is 17.1 Å². The smallest absolute Gasteiger partial charge is 0.303 e. The lowest BCUT2D eigenvalue weighted by Crippen LogP contribution is -2.45. The maximum absolute atomic E-state index is 13.1. The van der Waals surface area contributed by atoms with Gasteiger partial charge in [-0.3, -0.25) is 10.2 Å². The SMILES string of the molecule is CC(F)(F)C(=O)C1C=CCN(c2ccc(F)cc2)C1=N. The number of Topliss-reactive ketones (excluding diaryl/α,β-unsaturated/α-hetero) is 1. The molecule has 0 spiro atoms. The summed E-state index contributed by atoms with van der Waals surface area (Å²) < 4.78 is 39.1. The Morgan fingerprint density at radius 3 is 2.50 bits per heavy atom. The Morgan fingerprint density at radius 2 is 1.95 bits per heavy atom. The van der Waals surface area contributed by atoms with Gasteiger partial charge in [-0.2, -0.15) is 8.78 Å². The third-order valence-electron chi connectivity index (χ3n) is 3.06. The predicted octanol–water partition coefficient (Wildman–Crippen LogP) is 3.02. The van der Waals surface area contributed by atoms with Crippen molar-refractivity contribution in [2.45, 2.75) is 12.8 Å². The summed E-state index contributed by atoms with van der Waals surface area (Å²) in [5.74, 6) is -6.75. The molecule has 1 heterocycles. The van der Waals surface area contributed by atoms with E-state index in [4.69, 9.17) is 5.41 Å². The molecule has 0 fully saturated rings. The van der Waals surface area contributed by atoms with E-state index < -0.39 is 23.4 Å².